The van der Waals surface area contributed by atoms with Crippen LogP contribution in [-0.2, 0) is 0 Å². The van der Waals surface area contributed by atoms with E-state index in [4.69, 9.17) is 0 Å². The van der Waals surface area contributed by atoms with Crippen LogP contribution in [0.3, 0.4) is 0 Å². The Hall–Kier alpha value is -3.60. The van der Waals surface area contributed by atoms with Gasteiger partial charge >= 0.3 is 6.03 Å². The molecule has 1 fully saturated rings. The van der Waals surface area contributed by atoms with Gasteiger partial charge in [0.1, 0.15) is 5.65 Å². The maximum Gasteiger partial charge on any atom is 0.322 e. The summed E-state index contributed by atoms with van der Waals surface area (Å²) in [6, 6.07) is 18.7. The van der Waals surface area contributed by atoms with Crippen LogP contribution in [0.5, 0.6) is 0 Å². The van der Waals surface area contributed by atoms with Crippen molar-refractivity contribution in [3.8, 4) is 11.1 Å². The molecule has 2 atom stereocenters. The summed E-state index contributed by atoms with van der Waals surface area (Å²) >= 11 is 0. The van der Waals surface area contributed by atoms with E-state index in [0.717, 1.165) is 41.0 Å². The lowest BCUT2D eigenvalue weighted by Crippen LogP contribution is -2.36. The van der Waals surface area contributed by atoms with Crippen LogP contribution in [0.4, 0.5) is 10.5 Å². The van der Waals surface area contributed by atoms with Crippen molar-refractivity contribution in [3.63, 3.8) is 0 Å². The first-order chi connectivity index (χ1) is 14.7. The predicted octanol–water partition coefficient (Wildman–Crippen LogP) is 5.39. The molecule has 1 aliphatic heterocycles. The fourth-order valence-electron chi connectivity index (χ4n) is 5.03. The maximum atomic E-state index is 13.1. The largest absolute Gasteiger partial charge is 0.322 e. The number of aromatic nitrogens is 2. The van der Waals surface area contributed by atoms with Gasteiger partial charge in [0.25, 0.3) is 0 Å². The van der Waals surface area contributed by atoms with E-state index < -0.39 is 0 Å². The molecule has 5 heteroatoms. The molecule has 30 heavy (non-hydrogen) atoms. The van der Waals surface area contributed by atoms with Gasteiger partial charge in [0, 0.05) is 42.3 Å². The molecule has 2 bridgehead atoms. The Morgan fingerprint density at radius 2 is 1.97 bits per heavy atom. The number of nitrogens with one attached hydrogen (secondary N) is 1. The molecular formula is C25H22N4O. The molecule has 1 aliphatic carbocycles. The zero-order valence-electron chi connectivity index (χ0n) is 16.7. The van der Waals surface area contributed by atoms with E-state index in [1.807, 2.05) is 46.0 Å². The minimum Gasteiger partial charge on any atom is -0.317 e. The number of hydrogen-bond donors (Lipinski definition) is 1. The van der Waals surface area contributed by atoms with Gasteiger partial charge in [-0.05, 0) is 59.9 Å². The molecule has 2 aliphatic rings. The molecular weight excluding hydrogens is 372 g/mol. The number of anilines is 1. The number of nitrogens with zero attached hydrogens (tertiary/aromatic N) is 3. The zero-order valence-corrected chi connectivity index (χ0v) is 16.7. The quantitative estimate of drug-likeness (QED) is 0.496. The summed E-state index contributed by atoms with van der Waals surface area (Å²) < 4.78 is 2.01. The van der Waals surface area contributed by atoms with Crippen molar-refractivity contribution >= 4 is 17.4 Å². The molecule has 6 rings (SSSR count). The minimum absolute atomic E-state index is 0.0224. The summed E-state index contributed by atoms with van der Waals surface area (Å²) in [5.74, 6) is 0.463. The number of amides is 2. The van der Waals surface area contributed by atoms with Gasteiger partial charge in [-0.1, -0.05) is 30.3 Å². The summed E-state index contributed by atoms with van der Waals surface area (Å²) in [6.45, 7) is 2.87. The van der Waals surface area contributed by atoms with E-state index in [1.165, 1.54) is 11.1 Å². The molecule has 0 radical (unpaired) electrons. The third kappa shape index (κ3) is 2.62. The van der Waals surface area contributed by atoms with E-state index in [9.17, 15) is 4.79 Å². The van der Waals surface area contributed by atoms with Crippen LogP contribution in [-0.4, -0.2) is 26.9 Å². The highest BCUT2D eigenvalue weighted by Crippen LogP contribution is 2.50. The van der Waals surface area contributed by atoms with Crippen molar-refractivity contribution < 1.29 is 4.79 Å². The van der Waals surface area contributed by atoms with Crippen molar-refractivity contribution in [2.45, 2.75) is 25.3 Å². The lowest BCUT2D eigenvalue weighted by Gasteiger charge is -2.29. The molecule has 2 aromatic carbocycles. The van der Waals surface area contributed by atoms with E-state index in [-0.39, 0.29) is 12.1 Å². The fourth-order valence-corrected chi connectivity index (χ4v) is 5.03. The summed E-state index contributed by atoms with van der Waals surface area (Å²) in [7, 11) is 0. The van der Waals surface area contributed by atoms with Gasteiger partial charge in [-0.25, -0.2) is 9.78 Å². The van der Waals surface area contributed by atoms with Crippen LogP contribution in [0.2, 0.25) is 0 Å². The Labute approximate surface area is 175 Å². The molecule has 0 spiro atoms. The van der Waals surface area contributed by atoms with E-state index in [1.54, 1.807) is 0 Å². The van der Waals surface area contributed by atoms with Gasteiger partial charge in [-0.3, -0.25) is 0 Å². The second-order valence-corrected chi connectivity index (χ2v) is 8.31. The number of carbonyl (C=O) groups is 1. The Morgan fingerprint density at radius 3 is 2.87 bits per heavy atom. The average molecular weight is 394 g/mol. The molecule has 5 nitrogen and oxygen atoms in total. The lowest BCUT2D eigenvalue weighted by molar-refractivity contribution is 0.205. The summed E-state index contributed by atoms with van der Waals surface area (Å²) in [4.78, 5) is 19.6. The Morgan fingerprint density at radius 1 is 1.10 bits per heavy atom. The second-order valence-electron chi connectivity index (χ2n) is 8.31. The van der Waals surface area contributed by atoms with E-state index in [0.29, 0.717) is 5.92 Å². The van der Waals surface area contributed by atoms with Crippen LogP contribution in [0.1, 0.15) is 35.1 Å². The van der Waals surface area contributed by atoms with Crippen molar-refractivity contribution in [1.82, 2.24) is 14.3 Å². The number of rotatable bonds is 2. The normalized spacial score (nSPS) is 19.3. The number of urea groups is 1. The summed E-state index contributed by atoms with van der Waals surface area (Å²) in [5.41, 5.74) is 7.70. The summed E-state index contributed by atoms with van der Waals surface area (Å²) in [5, 5.41) is 3.13. The van der Waals surface area contributed by atoms with Crippen LogP contribution < -0.4 is 5.32 Å². The minimum atomic E-state index is -0.0224. The Kier molecular flexibility index (Phi) is 3.72. The Balaban J connectivity index is 1.27. The van der Waals surface area contributed by atoms with Gasteiger partial charge in [-0.15, -0.1) is 0 Å². The highest BCUT2D eigenvalue weighted by Gasteiger charge is 2.44. The predicted molar refractivity (Wildman–Crippen MR) is 118 cm³/mol. The van der Waals surface area contributed by atoms with Crippen molar-refractivity contribution in [2.75, 3.05) is 11.9 Å². The first-order valence-electron chi connectivity index (χ1n) is 10.4. The van der Waals surface area contributed by atoms with Gasteiger partial charge in [0.15, 0.2) is 0 Å². The van der Waals surface area contributed by atoms with Gasteiger partial charge in [0.05, 0.1) is 6.04 Å². The fraction of sp³-hybridized carbons (Fsp3) is 0.200. The first kappa shape index (κ1) is 17.3. The van der Waals surface area contributed by atoms with E-state index in [2.05, 4.69) is 53.8 Å². The number of fused-ring (bicyclic) bond motifs is 6. The maximum absolute atomic E-state index is 13.1. The van der Waals surface area contributed by atoms with Crippen LogP contribution in [0.15, 0.2) is 73.2 Å². The standard InChI is InChI=1S/C25H22N4O/c1-16-8-9-19(12-22(16)18-13-26-24-7-4-10-28(24)14-18)27-25(30)29-15-17-11-23(29)21-6-3-2-5-20(17)21/h2-10,12-14,17,23H,11,15H2,1H3,(H,27,30)/t17-,23-/m0/s1. The van der Waals surface area contributed by atoms with Crippen molar-refractivity contribution in [2.24, 2.45) is 0 Å². The van der Waals surface area contributed by atoms with Crippen LogP contribution in [0.25, 0.3) is 16.8 Å². The first-order valence-corrected chi connectivity index (χ1v) is 10.4. The molecule has 2 amide bonds. The second kappa shape index (κ2) is 6.46. The number of likely N-dealkylation sites (tertiary alicyclic amines) is 1. The monoisotopic (exact) mass is 394 g/mol. The third-order valence-corrected chi connectivity index (χ3v) is 6.53. The third-order valence-electron chi connectivity index (χ3n) is 6.53. The molecule has 148 valence electrons. The molecule has 2 aromatic heterocycles. The highest BCUT2D eigenvalue weighted by atomic mass is 16.2. The average Bonchev–Trinajstić information content (AvgIpc) is 3.49. The lowest BCUT2D eigenvalue weighted by atomic mass is 9.99. The number of aryl methyl sites for hydroxylation is 1. The van der Waals surface area contributed by atoms with Crippen molar-refractivity contribution in [3.05, 3.63) is 89.9 Å². The molecule has 0 unspecified atom stereocenters. The van der Waals surface area contributed by atoms with Gasteiger partial charge in [-0.2, -0.15) is 0 Å². The molecule has 0 saturated carbocycles. The van der Waals surface area contributed by atoms with Gasteiger partial charge < -0.3 is 14.6 Å². The topological polar surface area (TPSA) is 49.6 Å². The highest BCUT2D eigenvalue weighted by molar-refractivity contribution is 5.91. The smallest absolute Gasteiger partial charge is 0.317 e. The Bertz CT molecular complexity index is 1290. The van der Waals surface area contributed by atoms with Gasteiger partial charge in [0.2, 0.25) is 0 Å². The van der Waals surface area contributed by atoms with Crippen LogP contribution in [0, 0.1) is 6.92 Å². The van der Waals surface area contributed by atoms with Crippen LogP contribution >= 0.6 is 0 Å². The SMILES string of the molecule is Cc1ccc(NC(=O)N2C[C@@H]3C[C@H]2c2ccccc23)cc1-c1cnc2cccn2c1. The number of benzene rings is 2. The molecule has 1 N–H and O–H groups in total. The van der Waals surface area contributed by atoms with E-state index >= 15 is 0 Å². The zero-order chi connectivity index (χ0) is 20.2. The summed E-state index contributed by atoms with van der Waals surface area (Å²) in [6.07, 6.45) is 6.99. The number of hydrogen-bond acceptors (Lipinski definition) is 2. The number of carbonyl (C=O) groups excluding carboxylic acids is 1. The molecule has 4 aromatic rings. The molecule has 3 heterocycles. The molecule has 1 saturated heterocycles. The van der Waals surface area contributed by atoms with Crippen molar-refractivity contribution in [1.29, 1.82) is 0 Å².